The van der Waals surface area contributed by atoms with Gasteiger partial charge in [-0.15, -0.1) is 0 Å². The maximum absolute atomic E-state index is 4.02. The van der Waals surface area contributed by atoms with Crippen molar-refractivity contribution in [3.8, 4) is 0 Å². The van der Waals surface area contributed by atoms with E-state index in [2.05, 4.69) is 59.0 Å². The van der Waals surface area contributed by atoms with Crippen molar-refractivity contribution in [3.05, 3.63) is 47.5 Å². The number of rotatable bonds is 7. The Morgan fingerprint density at radius 1 is 1.36 bits per heavy atom. The molecular formula is C19H29N3. The van der Waals surface area contributed by atoms with Crippen LogP contribution in [0.4, 0.5) is 0 Å². The molecule has 2 N–H and O–H groups in total. The van der Waals surface area contributed by atoms with Crippen molar-refractivity contribution in [2.24, 2.45) is 4.99 Å². The average molecular weight is 299 g/mol. The van der Waals surface area contributed by atoms with Crippen LogP contribution in [0.2, 0.25) is 0 Å². The number of piperidine rings is 1. The predicted octanol–water partition coefficient (Wildman–Crippen LogP) is 3.50. The van der Waals surface area contributed by atoms with Crippen LogP contribution in [-0.2, 0) is 0 Å². The van der Waals surface area contributed by atoms with E-state index in [1.54, 1.807) is 0 Å². The highest BCUT2D eigenvalue weighted by Crippen LogP contribution is 2.22. The van der Waals surface area contributed by atoms with E-state index in [1.165, 1.54) is 24.0 Å². The number of hydrogen-bond acceptors (Lipinski definition) is 3. The molecule has 3 heteroatoms. The zero-order valence-electron chi connectivity index (χ0n) is 13.9. The first kappa shape index (κ1) is 16.9. The minimum atomic E-state index is 0.485. The Morgan fingerprint density at radius 2 is 2.18 bits per heavy atom. The van der Waals surface area contributed by atoms with Crippen LogP contribution in [0, 0.1) is 0 Å². The molecule has 0 spiro atoms. The average Bonchev–Trinajstić information content (AvgIpc) is 2.56. The Hall–Kier alpha value is -1.45. The lowest BCUT2D eigenvalue weighted by atomic mass is 9.94. The minimum Gasteiger partial charge on any atom is -0.310 e. The SMILES string of the molecule is CN=CCC/C(C)=C/CNC1CCNC(c2ccccc2)C1. The van der Waals surface area contributed by atoms with Crippen LogP contribution in [0.1, 0.15) is 44.2 Å². The molecule has 3 nitrogen and oxygen atoms in total. The van der Waals surface area contributed by atoms with Gasteiger partial charge in [-0.05, 0) is 50.9 Å². The van der Waals surface area contributed by atoms with Crippen LogP contribution in [0.5, 0.6) is 0 Å². The van der Waals surface area contributed by atoms with Gasteiger partial charge in [0.05, 0.1) is 0 Å². The zero-order valence-corrected chi connectivity index (χ0v) is 13.9. The summed E-state index contributed by atoms with van der Waals surface area (Å²) in [4.78, 5) is 4.02. The third-order valence-corrected chi connectivity index (χ3v) is 4.31. The highest BCUT2D eigenvalue weighted by atomic mass is 15.0. The molecule has 2 atom stereocenters. The van der Waals surface area contributed by atoms with Crippen LogP contribution in [0.15, 0.2) is 47.0 Å². The standard InChI is InChI=1S/C19H29N3/c1-16(7-6-12-20-2)10-13-21-18-11-14-22-19(15-18)17-8-4-3-5-9-17/h3-5,8-10,12,18-19,21-22H,6-7,11,13-15H2,1-2H3/b16-10+,20-12?. The van der Waals surface area contributed by atoms with Gasteiger partial charge in [-0.1, -0.05) is 42.0 Å². The fraction of sp³-hybridized carbons (Fsp3) is 0.526. The number of nitrogens with zero attached hydrogens (tertiary/aromatic N) is 1. The largest absolute Gasteiger partial charge is 0.310 e. The minimum absolute atomic E-state index is 0.485. The molecule has 22 heavy (non-hydrogen) atoms. The highest BCUT2D eigenvalue weighted by molar-refractivity contribution is 5.57. The second-order valence-electron chi connectivity index (χ2n) is 6.08. The molecule has 1 aromatic rings. The first-order chi connectivity index (χ1) is 10.8. The summed E-state index contributed by atoms with van der Waals surface area (Å²) in [7, 11) is 1.83. The Labute approximate surface area is 134 Å². The van der Waals surface area contributed by atoms with Gasteiger partial charge >= 0.3 is 0 Å². The molecular weight excluding hydrogens is 270 g/mol. The number of nitrogens with one attached hydrogen (secondary N) is 2. The first-order valence-electron chi connectivity index (χ1n) is 8.37. The van der Waals surface area contributed by atoms with E-state index >= 15 is 0 Å². The number of hydrogen-bond donors (Lipinski definition) is 2. The lowest BCUT2D eigenvalue weighted by Gasteiger charge is -2.31. The smallest absolute Gasteiger partial charge is 0.0335 e. The zero-order chi connectivity index (χ0) is 15.6. The Bertz CT molecular complexity index is 479. The summed E-state index contributed by atoms with van der Waals surface area (Å²) in [6, 6.07) is 11.9. The Kier molecular flexibility index (Phi) is 7.34. The predicted molar refractivity (Wildman–Crippen MR) is 95.6 cm³/mol. The van der Waals surface area contributed by atoms with E-state index < -0.39 is 0 Å². The van der Waals surface area contributed by atoms with Crippen molar-refractivity contribution >= 4 is 6.21 Å². The van der Waals surface area contributed by atoms with Crippen LogP contribution in [-0.4, -0.2) is 32.4 Å². The lowest BCUT2D eigenvalue weighted by Crippen LogP contribution is -2.41. The Morgan fingerprint density at radius 3 is 2.95 bits per heavy atom. The molecule has 120 valence electrons. The molecule has 0 bridgehead atoms. The molecule has 0 saturated carbocycles. The van der Waals surface area contributed by atoms with Gasteiger partial charge in [0.2, 0.25) is 0 Å². The summed E-state index contributed by atoms with van der Waals surface area (Å²) in [6.07, 6.45) is 8.84. The second kappa shape index (κ2) is 9.54. The van der Waals surface area contributed by atoms with E-state index in [-0.39, 0.29) is 0 Å². The maximum atomic E-state index is 4.02. The van der Waals surface area contributed by atoms with Crippen LogP contribution in [0.3, 0.4) is 0 Å². The molecule has 0 amide bonds. The summed E-state index contributed by atoms with van der Waals surface area (Å²) in [5.74, 6) is 0. The van der Waals surface area contributed by atoms with Gasteiger partial charge in [0.15, 0.2) is 0 Å². The van der Waals surface area contributed by atoms with Crippen LogP contribution < -0.4 is 10.6 Å². The number of aliphatic imine (C=N–C) groups is 1. The van der Waals surface area contributed by atoms with Gasteiger partial charge in [-0.2, -0.15) is 0 Å². The fourth-order valence-corrected chi connectivity index (χ4v) is 2.97. The molecule has 2 rings (SSSR count). The van der Waals surface area contributed by atoms with Gasteiger partial charge < -0.3 is 15.6 Å². The lowest BCUT2D eigenvalue weighted by molar-refractivity contribution is 0.330. The molecule has 1 fully saturated rings. The monoisotopic (exact) mass is 299 g/mol. The topological polar surface area (TPSA) is 36.4 Å². The fourth-order valence-electron chi connectivity index (χ4n) is 2.97. The van der Waals surface area contributed by atoms with Crippen LogP contribution >= 0.6 is 0 Å². The molecule has 0 aromatic heterocycles. The van der Waals surface area contributed by atoms with Gasteiger partial charge in [0, 0.05) is 25.7 Å². The van der Waals surface area contributed by atoms with E-state index in [9.17, 15) is 0 Å². The van der Waals surface area contributed by atoms with Gasteiger partial charge in [-0.3, -0.25) is 0 Å². The van der Waals surface area contributed by atoms with E-state index in [0.717, 1.165) is 25.9 Å². The maximum Gasteiger partial charge on any atom is 0.0335 e. The Balaban J connectivity index is 1.75. The first-order valence-corrected chi connectivity index (χ1v) is 8.37. The third kappa shape index (κ3) is 5.74. The molecule has 1 heterocycles. The summed E-state index contributed by atoms with van der Waals surface area (Å²) in [6.45, 7) is 4.27. The third-order valence-electron chi connectivity index (χ3n) is 4.31. The van der Waals surface area contributed by atoms with Crippen molar-refractivity contribution in [2.75, 3.05) is 20.1 Å². The highest BCUT2D eigenvalue weighted by Gasteiger charge is 2.21. The molecule has 1 aliphatic rings. The van der Waals surface area contributed by atoms with Crippen molar-refractivity contribution in [1.82, 2.24) is 10.6 Å². The molecule has 1 saturated heterocycles. The molecule has 2 unspecified atom stereocenters. The number of allylic oxidation sites excluding steroid dienone is 1. The summed E-state index contributed by atoms with van der Waals surface area (Å²) >= 11 is 0. The van der Waals surface area contributed by atoms with E-state index in [1.807, 2.05) is 13.3 Å². The number of benzene rings is 1. The van der Waals surface area contributed by atoms with E-state index in [0.29, 0.717) is 12.1 Å². The van der Waals surface area contributed by atoms with Crippen LogP contribution in [0.25, 0.3) is 0 Å². The second-order valence-corrected chi connectivity index (χ2v) is 6.08. The van der Waals surface area contributed by atoms with Crippen molar-refractivity contribution in [3.63, 3.8) is 0 Å². The molecule has 1 aliphatic heterocycles. The normalized spacial score (nSPS) is 23.1. The van der Waals surface area contributed by atoms with Gasteiger partial charge in [0.1, 0.15) is 0 Å². The van der Waals surface area contributed by atoms with Crippen molar-refractivity contribution in [2.45, 2.75) is 44.7 Å². The summed E-state index contributed by atoms with van der Waals surface area (Å²) < 4.78 is 0. The van der Waals surface area contributed by atoms with Crippen molar-refractivity contribution in [1.29, 1.82) is 0 Å². The summed E-state index contributed by atoms with van der Waals surface area (Å²) in [5.41, 5.74) is 2.85. The van der Waals surface area contributed by atoms with Gasteiger partial charge in [0.25, 0.3) is 0 Å². The molecule has 0 radical (unpaired) electrons. The molecule has 0 aliphatic carbocycles. The van der Waals surface area contributed by atoms with Crippen molar-refractivity contribution < 1.29 is 0 Å². The quantitative estimate of drug-likeness (QED) is 0.597. The van der Waals surface area contributed by atoms with Gasteiger partial charge in [-0.25, -0.2) is 0 Å². The van der Waals surface area contributed by atoms with E-state index in [4.69, 9.17) is 0 Å². The molecule has 1 aromatic carbocycles. The summed E-state index contributed by atoms with van der Waals surface area (Å²) in [5, 5.41) is 7.32.